The lowest BCUT2D eigenvalue weighted by molar-refractivity contribution is -0.136. The van der Waals surface area contributed by atoms with Gasteiger partial charge in [-0.25, -0.2) is 0 Å². The molecule has 0 atom stereocenters. The third-order valence-electron chi connectivity index (χ3n) is 2.14. The minimum atomic E-state index is 0.167. The van der Waals surface area contributed by atoms with Crippen LogP contribution >= 0.6 is 0 Å². The second-order valence-corrected chi connectivity index (χ2v) is 3.18. The van der Waals surface area contributed by atoms with Crippen LogP contribution in [0.25, 0.3) is 0 Å². The first-order valence-electron chi connectivity index (χ1n) is 4.51. The van der Waals surface area contributed by atoms with Crippen LogP contribution < -0.4 is 5.32 Å². The molecule has 13 heavy (non-hydrogen) atoms. The quantitative estimate of drug-likeness (QED) is 0.621. The molecule has 0 aromatic carbocycles. The Morgan fingerprint density at radius 1 is 1.38 bits per heavy atom. The van der Waals surface area contributed by atoms with Crippen LogP contribution in [0.3, 0.4) is 0 Å². The lowest BCUT2D eigenvalue weighted by Crippen LogP contribution is -2.52. The normalized spacial score (nSPS) is 16.0. The lowest BCUT2D eigenvalue weighted by Gasteiger charge is -2.31. The number of carbonyl (C=O) groups is 1. The molecule has 3 nitrogen and oxygen atoms in total. The predicted molar refractivity (Wildman–Crippen MR) is 53.3 cm³/mol. The van der Waals surface area contributed by atoms with Crippen molar-refractivity contribution in [1.82, 2.24) is 10.2 Å². The van der Waals surface area contributed by atoms with E-state index in [4.69, 9.17) is 0 Å². The molecule has 72 valence electrons. The topological polar surface area (TPSA) is 32.3 Å². The Morgan fingerprint density at radius 2 is 1.92 bits per heavy atom. The van der Waals surface area contributed by atoms with Crippen molar-refractivity contribution in [3.63, 3.8) is 0 Å². The molecule has 1 aliphatic heterocycles. The van der Waals surface area contributed by atoms with Gasteiger partial charge in [0.15, 0.2) is 0 Å². The van der Waals surface area contributed by atoms with Crippen molar-refractivity contribution >= 4 is 5.91 Å². The van der Waals surface area contributed by atoms with Crippen molar-refractivity contribution in [1.29, 1.82) is 0 Å². The summed E-state index contributed by atoms with van der Waals surface area (Å²) in [5.74, 6) is 0.374. The molecule has 1 fully saturated rings. The highest BCUT2D eigenvalue weighted by molar-refractivity contribution is 5.80. The standard InChI is InChI=1S/C10H16N2O/c1-3-5-12(6-4-2)10(13)9-7-11-8-9/h3-4,9,11H,1-2,5-8H2. The van der Waals surface area contributed by atoms with Crippen molar-refractivity contribution in [2.24, 2.45) is 5.92 Å². The summed E-state index contributed by atoms with van der Waals surface area (Å²) in [6.45, 7) is 10.1. The van der Waals surface area contributed by atoms with E-state index < -0.39 is 0 Å². The largest absolute Gasteiger partial charge is 0.335 e. The highest BCUT2D eigenvalue weighted by Crippen LogP contribution is 2.08. The van der Waals surface area contributed by atoms with Gasteiger partial charge in [-0.1, -0.05) is 12.2 Å². The highest BCUT2D eigenvalue weighted by atomic mass is 16.2. The van der Waals surface area contributed by atoms with E-state index in [-0.39, 0.29) is 11.8 Å². The third kappa shape index (κ3) is 2.42. The van der Waals surface area contributed by atoms with Crippen molar-refractivity contribution in [2.75, 3.05) is 26.2 Å². The Hall–Kier alpha value is -1.09. The second kappa shape index (κ2) is 4.82. The van der Waals surface area contributed by atoms with E-state index in [9.17, 15) is 4.79 Å². The predicted octanol–water partition coefficient (Wildman–Crippen LogP) is 0.406. The fraction of sp³-hybridized carbons (Fsp3) is 0.500. The Bertz CT molecular complexity index is 199. The zero-order chi connectivity index (χ0) is 9.68. The molecule has 0 aliphatic carbocycles. The molecule has 0 saturated carbocycles. The molecular weight excluding hydrogens is 164 g/mol. The van der Waals surface area contributed by atoms with Crippen LogP contribution in [-0.2, 0) is 4.79 Å². The van der Waals surface area contributed by atoms with Gasteiger partial charge in [-0.2, -0.15) is 0 Å². The number of nitrogens with one attached hydrogen (secondary N) is 1. The van der Waals surface area contributed by atoms with Gasteiger partial charge >= 0.3 is 0 Å². The second-order valence-electron chi connectivity index (χ2n) is 3.18. The smallest absolute Gasteiger partial charge is 0.228 e. The Balaban J connectivity index is 2.45. The number of rotatable bonds is 5. The lowest BCUT2D eigenvalue weighted by atomic mass is 10.0. The van der Waals surface area contributed by atoms with Gasteiger partial charge in [0, 0.05) is 26.2 Å². The van der Waals surface area contributed by atoms with Gasteiger partial charge in [-0.3, -0.25) is 4.79 Å². The molecule has 0 aromatic heterocycles. The fourth-order valence-corrected chi connectivity index (χ4v) is 1.29. The number of hydrogen-bond acceptors (Lipinski definition) is 2. The van der Waals surface area contributed by atoms with Gasteiger partial charge in [-0.15, -0.1) is 13.2 Å². The molecule has 0 unspecified atom stereocenters. The average Bonchev–Trinajstić information content (AvgIpc) is 2.01. The maximum Gasteiger partial charge on any atom is 0.228 e. The molecule has 1 N–H and O–H groups in total. The molecule has 1 heterocycles. The SMILES string of the molecule is C=CCN(CC=C)C(=O)C1CNC1. The van der Waals surface area contributed by atoms with Crippen molar-refractivity contribution in [3.05, 3.63) is 25.3 Å². The molecule has 0 radical (unpaired) electrons. The molecule has 0 spiro atoms. The summed E-state index contributed by atoms with van der Waals surface area (Å²) in [4.78, 5) is 13.5. The summed E-state index contributed by atoms with van der Waals surface area (Å²) in [5, 5.41) is 3.08. The van der Waals surface area contributed by atoms with Crippen LogP contribution in [0, 0.1) is 5.92 Å². The Labute approximate surface area is 79.1 Å². The van der Waals surface area contributed by atoms with Crippen molar-refractivity contribution in [3.8, 4) is 0 Å². The minimum Gasteiger partial charge on any atom is -0.335 e. The van der Waals surface area contributed by atoms with Crippen LogP contribution in [0.4, 0.5) is 0 Å². The van der Waals surface area contributed by atoms with Gasteiger partial charge in [0.1, 0.15) is 0 Å². The zero-order valence-corrected chi connectivity index (χ0v) is 7.83. The monoisotopic (exact) mass is 180 g/mol. The van der Waals surface area contributed by atoms with E-state index in [1.54, 1.807) is 17.1 Å². The summed E-state index contributed by atoms with van der Waals surface area (Å²) >= 11 is 0. The number of carbonyl (C=O) groups excluding carboxylic acids is 1. The van der Waals surface area contributed by atoms with E-state index in [2.05, 4.69) is 18.5 Å². The molecule has 0 bridgehead atoms. The molecule has 0 aromatic rings. The maximum atomic E-state index is 11.7. The molecular formula is C10H16N2O. The van der Waals surface area contributed by atoms with Crippen LogP contribution in [0.5, 0.6) is 0 Å². The molecule has 1 amide bonds. The van der Waals surface area contributed by atoms with Crippen LogP contribution in [0.15, 0.2) is 25.3 Å². The molecule has 1 saturated heterocycles. The van der Waals surface area contributed by atoms with Gasteiger partial charge in [0.2, 0.25) is 5.91 Å². The summed E-state index contributed by atoms with van der Waals surface area (Å²) in [6.07, 6.45) is 3.49. The first-order valence-corrected chi connectivity index (χ1v) is 4.51. The van der Waals surface area contributed by atoms with E-state index in [1.807, 2.05) is 0 Å². The average molecular weight is 180 g/mol. The maximum absolute atomic E-state index is 11.7. The van der Waals surface area contributed by atoms with E-state index in [0.717, 1.165) is 13.1 Å². The highest BCUT2D eigenvalue weighted by Gasteiger charge is 2.27. The fourth-order valence-electron chi connectivity index (χ4n) is 1.29. The third-order valence-corrected chi connectivity index (χ3v) is 2.14. The van der Waals surface area contributed by atoms with Crippen LogP contribution in [-0.4, -0.2) is 37.0 Å². The summed E-state index contributed by atoms with van der Waals surface area (Å²) in [7, 11) is 0. The number of hydrogen-bond donors (Lipinski definition) is 1. The number of nitrogens with zero attached hydrogens (tertiary/aromatic N) is 1. The Kier molecular flexibility index (Phi) is 3.71. The first kappa shape index (κ1) is 9.99. The summed E-state index contributed by atoms with van der Waals surface area (Å²) in [6, 6.07) is 0. The van der Waals surface area contributed by atoms with E-state index in [0.29, 0.717) is 13.1 Å². The van der Waals surface area contributed by atoms with Crippen molar-refractivity contribution in [2.45, 2.75) is 0 Å². The number of amides is 1. The van der Waals surface area contributed by atoms with Gasteiger partial charge in [-0.05, 0) is 0 Å². The summed E-state index contributed by atoms with van der Waals surface area (Å²) < 4.78 is 0. The first-order chi connectivity index (χ1) is 6.29. The summed E-state index contributed by atoms with van der Waals surface area (Å²) in [5.41, 5.74) is 0. The van der Waals surface area contributed by atoms with Gasteiger partial charge in [0.25, 0.3) is 0 Å². The Morgan fingerprint density at radius 3 is 2.23 bits per heavy atom. The van der Waals surface area contributed by atoms with Crippen LogP contribution in [0.1, 0.15) is 0 Å². The zero-order valence-electron chi connectivity index (χ0n) is 7.83. The molecule has 3 heteroatoms. The van der Waals surface area contributed by atoms with Crippen LogP contribution in [0.2, 0.25) is 0 Å². The van der Waals surface area contributed by atoms with Gasteiger partial charge in [0.05, 0.1) is 5.92 Å². The van der Waals surface area contributed by atoms with E-state index >= 15 is 0 Å². The molecule has 1 aliphatic rings. The minimum absolute atomic E-state index is 0.167. The van der Waals surface area contributed by atoms with E-state index in [1.165, 1.54) is 0 Å². The van der Waals surface area contributed by atoms with Gasteiger partial charge < -0.3 is 10.2 Å². The molecule has 1 rings (SSSR count). The van der Waals surface area contributed by atoms with Crippen molar-refractivity contribution < 1.29 is 4.79 Å².